The molecule has 2 atom stereocenters. The Balaban J connectivity index is 1.52. The fourth-order valence-corrected chi connectivity index (χ4v) is 3.42. The number of nitrogens with zero attached hydrogens (tertiary/aromatic N) is 1. The Bertz CT molecular complexity index is 565. The van der Waals surface area contributed by atoms with Gasteiger partial charge in [-0.25, -0.2) is 0 Å². The van der Waals surface area contributed by atoms with Gasteiger partial charge in [-0.15, -0.1) is 0 Å². The van der Waals surface area contributed by atoms with Crippen molar-refractivity contribution in [2.75, 3.05) is 6.54 Å². The van der Waals surface area contributed by atoms with Crippen molar-refractivity contribution in [1.82, 2.24) is 5.32 Å². The van der Waals surface area contributed by atoms with Crippen LogP contribution in [0.2, 0.25) is 0 Å². The third kappa shape index (κ3) is 3.25. The summed E-state index contributed by atoms with van der Waals surface area (Å²) >= 11 is 1.81. The molecular formula is C16H18N2OS. The van der Waals surface area contributed by atoms with Crippen molar-refractivity contribution in [2.24, 2.45) is 4.99 Å². The van der Waals surface area contributed by atoms with Crippen molar-refractivity contribution in [1.29, 1.82) is 0 Å². The third-order valence-corrected chi connectivity index (χ3v) is 4.46. The summed E-state index contributed by atoms with van der Waals surface area (Å²) in [6.07, 6.45) is 2.60. The zero-order chi connectivity index (χ0) is 13.8. The van der Waals surface area contributed by atoms with E-state index in [-0.39, 0.29) is 0 Å². The summed E-state index contributed by atoms with van der Waals surface area (Å²) in [6, 6.07) is 14.8. The van der Waals surface area contributed by atoms with Crippen LogP contribution in [0.25, 0.3) is 0 Å². The molecule has 0 amide bonds. The Morgan fingerprint density at radius 2 is 2.15 bits per heavy atom. The fraction of sp³-hybridized carbons (Fsp3) is 0.312. The van der Waals surface area contributed by atoms with Crippen LogP contribution in [0.3, 0.4) is 0 Å². The van der Waals surface area contributed by atoms with Gasteiger partial charge in [0.15, 0.2) is 5.17 Å². The molecule has 1 N–H and O–H groups in total. The van der Waals surface area contributed by atoms with E-state index < -0.39 is 0 Å². The number of furan rings is 1. The van der Waals surface area contributed by atoms with Crippen molar-refractivity contribution in [3.63, 3.8) is 0 Å². The molecule has 104 valence electrons. The molecule has 1 aliphatic heterocycles. The van der Waals surface area contributed by atoms with Crippen LogP contribution >= 0.6 is 11.8 Å². The highest BCUT2D eigenvalue weighted by molar-refractivity contribution is 8.14. The van der Waals surface area contributed by atoms with Crippen LogP contribution in [0.4, 0.5) is 0 Å². The van der Waals surface area contributed by atoms with Crippen LogP contribution in [0.1, 0.15) is 23.5 Å². The zero-order valence-electron chi connectivity index (χ0n) is 11.5. The molecule has 2 unspecified atom stereocenters. The van der Waals surface area contributed by atoms with Crippen molar-refractivity contribution in [3.8, 4) is 0 Å². The Labute approximate surface area is 123 Å². The maximum Gasteiger partial charge on any atom is 0.157 e. The predicted octanol–water partition coefficient (Wildman–Crippen LogP) is 3.64. The number of rotatable bonds is 4. The van der Waals surface area contributed by atoms with E-state index in [0.29, 0.717) is 11.3 Å². The number of amidine groups is 1. The lowest BCUT2D eigenvalue weighted by Gasteiger charge is -2.14. The minimum atomic E-state index is 0.321. The lowest BCUT2D eigenvalue weighted by atomic mass is 10.1. The number of benzene rings is 1. The van der Waals surface area contributed by atoms with Crippen LogP contribution in [-0.2, 0) is 6.42 Å². The first-order chi connectivity index (χ1) is 9.81. The van der Waals surface area contributed by atoms with Gasteiger partial charge < -0.3 is 9.73 Å². The number of aliphatic imine (C=N–C) groups is 1. The molecule has 0 fully saturated rings. The van der Waals surface area contributed by atoms with Crippen LogP contribution < -0.4 is 5.32 Å². The second-order valence-electron chi connectivity index (χ2n) is 4.99. The van der Waals surface area contributed by atoms with Crippen LogP contribution in [-0.4, -0.2) is 17.8 Å². The molecule has 0 aliphatic carbocycles. The van der Waals surface area contributed by atoms with Gasteiger partial charge >= 0.3 is 0 Å². The Kier molecular flexibility index (Phi) is 4.11. The standard InChI is InChI=1S/C16H18N2OS/c1-12(10-14-8-5-9-19-14)18-16-17-11-15(20-16)13-6-3-2-4-7-13/h2-9,12,15H,10-11H2,1H3,(H,17,18). The second-order valence-corrected chi connectivity index (χ2v) is 6.18. The first-order valence-corrected chi connectivity index (χ1v) is 7.74. The number of nitrogens with one attached hydrogen (secondary N) is 1. The van der Waals surface area contributed by atoms with Crippen LogP contribution in [0.5, 0.6) is 0 Å². The molecule has 2 aromatic rings. The van der Waals surface area contributed by atoms with Gasteiger partial charge in [0, 0.05) is 12.5 Å². The van der Waals surface area contributed by atoms with Crippen molar-refractivity contribution >= 4 is 16.9 Å². The van der Waals surface area contributed by atoms with Gasteiger partial charge in [-0.1, -0.05) is 42.1 Å². The van der Waals surface area contributed by atoms with Gasteiger partial charge in [0.25, 0.3) is 0 Å². The zero-order valence-corrected chi connectivity index (χ0v) is 12.3. The maximum atomic E-state index is 5.37. The molecule has 0 spiro atoms. The van der Waals surface area contributed by atoms with Crippen LogP contribution in [0.15, 0.2) is 58.1 Å². The van der Waals surface area contributed by atoms with Crippen molar-refractivity contribution in [3.05, 3.63) is 60.1 Å². The molecule has 4 heteroatoms. The molecule has 20 heavy (non-hydrogen) atoms. The smallest absolute Gasteiger partial charge is 0.157 e. The fourth-order valence-electron chi connectivity index (χ4n) is 2.29. The first-order valence-electron chi connectivity index (χ1n) is 6.86. The summed E-state index contributed by atoms with van der Waals surface area (Å²) in [5, 5.41) is 4.95. The molecule has 0 radical (unpaired) electrons. The lowest BCUT2D eigenvalue weighted by Crippen LogP contribution is -2.31. The SMILES string of the molecule is CC(Cc1ccco1)NC1=NCC(c2ccccc2)S1. The number of thioether (sulfide) groups is 1. The van der Waals surface area contributed by atoms with E-state index in [1.165, 1.54) is 5.56 Å². The van der Waals surface area contributed by atoms with E-state index in [2.05, 4.69) is 47.6 Å². The normalized spacial score (nSPS) is 19.6. The summed E-state index contributed by atoms with van der Waals surface area (Å²) in [7, 11) is 0. The predicted molar refractivity (Wildman–Crippen MR) is 84.1 cm³/mol. The molecule has 1 aliphatic rings. The summed E-state index contributed by atoms with van der Waals surface area (Å²) in [6.45, 7) is 3.01. The average Bonchev–Trinajstić information content (AvgIpc) is 3.11. The molecule has 1 aromatic heterocycles. The highest BCUT2D eigenvalue weighted by Gasteiger charge is 2.22. The monoisotopic (exact) mass is 286 g/mol. The molecule has 0 saturated carbocycles. The van der Waals surface area contributed by atoms with Gasteiger partial charge in [-0.2, -0.15) is 0 Å². The molecule has 1 aromatic carbocycles. The van der Waals surface area contributed by atoms with Crippen molar-refractivity contribution in [2.45, 2.75) is 24.6 Å². The maximum absolute atomic E-state index is 5.37. The molecule has 3 nitrogen and oxygen atoms in total. The molecule has 3 rings (SSSR count). The van der Waals surface area contributed by atoms with E-state index in [1.807, 2.05) is 23.9 Å². The average molecular weight is 286 g/mol. The van der Waals surface area contributed by atoms with Crippen molar-refractivity contribution < 1.29 is 4.42 Å². The Morgan fingerprint density at radius 3 is 2.90 bits per heavy atom. The van der Waals surface area contributed by atoms with Gasteiger partial charge in [-0.05, 0) is 24.6 Å². The minimum Gasteiger partial charge on any atom is -0.469 e. The van der Waals surface area contributed by atoms with E-state index in [4.69, 9.17) is 4.42 Å². The lowest BCUT2D eigenvalue weighted by molar-refractivity contribution is 0.482. The molecule has 0 saturated heterocycles. The summed E-state index contributed by atoms with van der Waals surface area (Å²) in [5.41, 5.74) is 1.34. The van der Waals surface area contributed by atoms with Gasteiger partial charge in [0.2, 0.25) is 0 Å². The highest BCUT2D eigenvalue weighted by Crippen LogP contribution is 2.34. The van der Waals surface area contributed by atoms with Gasteiger partial charge in [-0.3, -0.25) is 4.99 Å². The van der Waals surface area contributed by atoms with E-state index in [0.717, 1.165) is 23.9 Å². The minimum absolute atomic E-state index is 0.321. The van der Waals surface area contributed by atoms with E-state index in [9.17, 15) is 0 Å². The largest absolute Gasteiger partial charge is 0.469 e. The topological polar surface area (TPSA) is 37.5 Å². The number of hydrogen-bond donors (Lipinski definition) is 1. The summed E-state index contributed by atoms with van der Waals surface area (Å²) < 4.78 is 5.37. The second kappa shape index (κ2) is 6.18. The Hall–Kier alpha value is -1.68. The summed E-state index contributed by atoms with van der Waals surface area (Å²) in [4.78, 5) is 4.60. The van der Waals surface area contributed by atoms with E-state index >= 15 is 0 Å². The quantitative estimate of drug-likeness (QED) is 0.932. The first kappa shape index (κ1) is 13.3. The number of hydrogen-bond acceptors (Lipinski definition) is 4. The Morgan fingerprint density at radius 1 is 1.30 bits per heavy atom. The van der Waals surface area contributed by atoms with Gasteiger partial charge in [0.05, 0.1) is 18.1 Å². The van der Waals surface area contributed by atoms with E-state index in [1.54, 1.807) is 6.26 Å². The summed E-state index contributed by atoms with van der Waals surface area (Å²) in [5.74, 6) is 1.01. The highest BCUT2D eigenvalue weighted by atomic mass is 32.2. The molecule has 0 bridgehead atoms. The van der Waals surface area contributed by atoms with Crippen LogP contribution in [0, 0.1) is 0 Å². The third-order valence-electron chi connectivity index (χ3n) is 3.28. The molecular weight excluding hydrogens is 268 g/mol. The molecule has 2 heterocycles. The van der Waals surface area contributed by atoms with Gasteiger partial charge in [0.1, 0.15) is 5.76 Å².